The van der Waals surface area contributed by atoms with E-state index in [0.29, 0.717) is 12.5 Å². The molecule has 18 heavy (non-hydrogen) atoms. The predicted octanol–water partition coefficient (Wildman–Crippen LogP) is 2.49. The third-order valence-corrected chi connectivity index (χ3v) is 4.33. The van der Waals surface area contributed by atoms with Crippen molar-refractivity contribution in [1.29, 1.82) is 0 Å². The molecule has 0 unspecified atom stereocenters. The third kappa shape index (κ3) is 1.78. The number of nitrogens with one attached hydrogen (secondary N) is 1. The van der Waals surface area contributed by atoms with E-state index in [1.165, 1.54) is 30.6 Å². The lowest BCUT2D eigenvalue weighted by Crippen LogP contribution is -2.41. The Bertz CT molecular complexity index is 463. The first-order valence-corrected chi connectivity index (χ1v) is 6.72. The Labute approximate surface area is 106 Å². The Hall–Kier alpha value is -1.52. The van der Waals surface area contributed by atoms with E-state index in [1.807, 2.05) is 6.92 Å². The zero-order valence-corrected chi connectivity index (χ0v) is 10.6. The first-order chi connectivity index (χ1) is 8.66. The highest BCUT2D eigenvalue weighted by Crippen LogP contribution is 2.37. The lowest BCUT2D eigenvalue weighted by molar-refractivity contribution is 0.119. The molecular weight excluding hydrogens is 230 g/mol. The molecule has 0 aromatic carbocycles. The Kier molecular flexibility index (Phi) is 2.76. The van der Waals surface area contributed by atoms with Gasteiger partial charge in [0.15, 0.2) is 0 Å². The molecule has 1 amide bonds. The van der Waals surface area contributed by atoms with E-state index in [-0.39, 0.29) is 6.04 Å². The van der Waals surface area contributed by atoms with E-state index in [2.05, 4.69) is 10.2 Å². The van der Waals surface area contributed by atoms with Gasteiger partial charge in [0.2, 0.25) is 0 Å². The van der Waals surface area contributed by atoms with Crippen LogP contribution in [0.2, 0.25) is 0 Å². The van der Waals surface area contributed by atoms with Crippen molar-refractivity contribution in [3.63, 3.8) is 0 Å². The molecule has 0 bridgehead atoms. The number of carbonyl (C=O) groups is 1. The van der Waals surface area contributed by atoms with Crippen LogP contribution in [0.3, 0.4) is 0 Å². The average molecular weight is 249 g/mol. The standard InChI is InChI=1S/C13H19N3O2/c1-8-6-11-10(7-16(8)13(17)18)12(15-14-11)9-4-2-3-5-9/h8-9H,2-7H2,1H3,(H,14,15)(H,17,18)/t8-/m0/s1. The summed E-state index contributed by atoms with van der Waals surface area (Å²) < 4.78 is 0. The molecule has 5 heteroatoms. The van der Waals surface area contributed by atoms with Crippen LogP contribution in [0.15, 0.2) is 0 Å². The van der Waals surface area contributed by atoms with Gasteiger partial charge in [0.25, 0.3) is 0 Å². The summed E-state index contributed by atoms with van der Waals surface area (Å²) in [5.74, 6) is 0.536. The predicted molar refractivity (Wildman–Crippen MR) is 66.5 cm³/mol. The summed E-state index contributed by atoms with van der Waals surface area (Å²) in [7, 11) is 0. The lowest BCUT2D eigenvalue weighted by Gasteiger charge is -2.31. The van der Waals surface area contributed by atoms with Crippen LogP contribution in [0.5, 0.6) is 0 Å². The molecule has 1 fully saturated rings. The van der Waals surface area contributed by atoms with Gasteiger partial charge in [0.05, 0.1) is 12.2 Å². The normalized spacial score (nSPS) is 24.3. The molecule has 5 nitrogen and oxygen atoms in total. The molecule has 2 aliphatic rings. The van der Waals surface area contributed by atoms with Crippen LogP contribution in [0.25, 0.3) is 0 Å². The van der Waals surface area contributed by atoms with Crippen LogP contribution < -0.4 is 0 Å². The highest BCUT2D eigenvalue weighted by Gasteiger charge is 2.32. The molecule has 1 atom stereocenters. The number of hydrogen-bond acceptors (Lipinski definition) is 2. The summed E-state index contributed by atoms with van der Waals surface area (Å²) in [5.41, 5.74) is 3.41. The molecule has 1 aliphatic carbocycles. The highest BCUT2D eigenvalue weighted by molar-refractivity contribution is 5.66. The quantitative estimate of drug-likeness (QED) is 0.803. The molecule has 0 saturated heterocycles. The van der Waals surface area contributed by atoms with Crippen LogP contribution in [0.4, 0.5) is 4.79 Å². The molecule has 2 heterocycles. The molecular formula is C13H19N3O2. The van der Waals surface area contributed by atoms with Crippen LogP contribution >= 0.6 is 0 Å². The molecule has 1 saturated carbocycles. The molecule has 98 valence electrons. The van der Waals surface area contributed by atoms with E-state index in [9.17, 15) is 9.90 Å². The van der Waals surface area contributed by atoms with E-state index in [1.54, 1.807) is 0 Å². The Balaban J connectivity index is 1.91. The van der Waals surface area contributed by atoms with Gasteiger partial charge < -0.3 is 10.0 Å². The SMILES string of the molecule is C[C@H]1Cc2[nH]nc(C3CCCC3)c2CN1C(=O)O. The fourth-order valence-electron chi connectivity index (χ4n) is 3.29. The van der Waals surface area contributed by atoms with Gasteiger partial charge in [-0.25, -0.2) is 4.79 Å². The van der Waals surface area contributed by atoms with Crippen molar-refractivity contribution in [1.82, 2.24) is 15.1 Å². The van der Waals surface area contributed by atoms with Crippen molar-refractivity contribution in [2.45, 2.75) is 57.5 Å². The second-order valence-electron chi connectivity index (χ2n) is 5.51. The van der Waals surface area contributed by atoms with Crippen LogP contribution in [-0.4, -0.2) is 32.3 Å². The fourth-order valence-corrected chi connectivity index (χ4v) is 3.29. The Morgan fingerprint density at radius 2 is 2.17 bits per heavy atom. The van der Waals surface area contributed by atoms with Crippen LogP contribution in [0, 0.1) is 0 Å². The van der Waals surface area contributed by atoms with E-state index >= 15 is 0 Å². The molecule has 1 aliphatic heterocycles. The van der Waals surface area contributed by atoms with Gasteiger partial charge in [0.1, 0.15) is 0 Å². The van der Waals surface area contributed by atoms with Crippen LogP contribution in [-0.2, 0) is 13.0 Å². The Morgan fingerprint density at radius 1 is 1.44 bits per heavy atom. The molecule has 3 rings (SSSR count). The monoisotopic (exact) mass is 249 g/mol. The van der Waals surface area contributed by atoms with Gasteiger partial charge in [-0.1, -0.05) is 12.8 Å². The minimum absolute atomic E-state index is 0.0341. The number of aromatic amines is 1. The molecule has 1 aromatic rings. The molecule has 1 aromatic heterocycles. The number of rotatable bonds is 1. The van der Waals surface area contributed by atoms with Gasteiger partial charge in [-0.2, -0.15) is 5.10 Å². The van der Waals surface area contributed by atoms with E-state index < -0.39 is 6.09 Å². The summed E-state index contributed by atoms with van der Waals surface area (Å²) >= 11 is 0. The number of hydrogen-bond donors (Lipinski definition) is 2. The number of H-pyrrole nitrogens is 1. The number of fused-ring (bicyclic) bond motifs is 1. The number of aromatic nitrogens is 2. The van der Waals surface area contributed by atoms with Gasteiger partial charge in [-0.15, -0.1) is 0 Å². The minimum Gasteiger partial charge on any atom is -0.465 e. The van der Waals surface area contributed by atoms with Crippen molar-refractivity contribution >= 4 is 6.09 Å². The van der Waals surface area contributed by atoms with E-state index in [4.69, 9.17) is 0 Å². The molecule has 0 spiro atoms. The largest absolute Gasteiger partial charge is 0.465 e. The van der Waals surface area contributed by atoms with Gasteiger partial charge >= 0.3 is 6.09 Å². The molecule has 0 radical (unpaired) electrons. The fraction of sp³-hybridized carbons (Fsp3) is 0.692. The van der Waals surface area contributed by atoms with Crippen molar-refractivity contribution in [3.05, 3.63) is 17.0 Å². The van der Waals surface area contributed by atoms with Crippen LogP contribution in [0.1, 0.15) is 55.5 Å². The van der Waals surface area contributed by atoms with Gasteiger partial charge in [-0.3, -0.25) is 5.10 Å². The van der Waals surface area contributed by atoms with Crippen molar-refractivity contribution in [2.75, 3.05) is 0 Å². The van der Waals surface area contributed by atoms with Crippen molar-refractivity contribution in [2.24, 2.45) is 0 Å². The van der Waals surface area contributed by atoms with E-state index in [0.717, 1.165) is 23.4 Å². The first-order valence-electron chi connectivity index (χ1n) is 6.72. The lowest BCUT2D eigenvalue weighted by atomic mass is 9.94. The topological polar surface area (TPSA) is 69.2 Å². The Morgan fingerprint density at radius 3 is 2.83 bits per heavy atom. The third-order valence-electron chi connectivity index (χ3n) is 4.33. The summed E-state index contributed by atoms with van der Waals surface area (Å²) in [6.45, 7) is 2.45. The van der Waals surface area contributed by atoms with Gasteiger partial charge in [0, 0.05) is 29.6 Å². The second-order valence-corrected chi connectivity index (χ2v) is 5.51. The second kappa shape index (κ2) is 4.30. The minimum atomic E-state index is -0.827. The van der Waals surface area contributed by atoms with Crippen molar-refractivity contribution < 1.29 is 9.90 Å². The maximum atomic E-state index is 11.2. The maximum absolute atomic E-state index is 11.2. The molecule has 2 N–H and O–H groups in total. The summed E-state index contributed by atoms with van der Waals surface area (Å²) in [6, 6.07) is 0.0341. The smallest absolute Gasteiger partial charge is 0.407 e. The highest BCUT2D eigenvalue weighted by atomic mass is 16.4. The summed E-state index contributed by atoms with van der Waals surface area (Å²) in [4.78, 5) is 12.7. The summed E-state index contributed by atoms with van der Waals surface area (Å²) in [6.07, 6.45) is 4.85. The zero-order valence-electron chi connectivity index (χ0n) is 10.6. The van der Waals surface area contributed by atoms with Crippen molar-refractivity contribution in [3.8, 4) is 0 Å². The number of nitrogens with zero attached hydrogens (tertiary/aromatic N) is 2. The van der Waals surface area contributed by atoms with Gasteiger partial charge in [-0.05, 0) is 19.8 Å². The average Bonchev–Trinajstić information content (AvgIpc) is 2.94. The maximum Gasteiger partial charge on any atom is 0.407 e. The zero-order chi connectivity index (χ0) is 12.7. The number of carboxylic acid groups (broad SMARTS) is 1. The first kappa shape index (κ1) is 11.6. The summed E-state index contributed by atoms with van der Waals surface area (Å²) in [5, 5.41) is 16.8. The number of amides is 1.